The van der Waals surface area contributed by atoms with Gasteiger partial charge in [0.1, 0.15) is 0 Å². The molecule has 0 aliphatic carbocycles. The van der Waals surface area contributed by atoms with Crippen LogP contribution in [0.15, 0.2) is 12.3 Å². The Morgan fingerprint density at radius 3 is 2.63 bits per heavy atom. The summed E-state index contributed by atoms with van der Waals surface area (Å²) in [6.07, 6.45) is 8.64. The van der Waals surface area contributed by atoms with Crippen LogP contribution in [-0.2, 0) is 6.54 Å². The van der Waals surface area contributed by atoms with Gasteiger partial charge >= 0.3 is 0 Å². The lowest BCUT2D eigenvalue weighted by Crippen LogP contribution is -2.26. The van der Waals surface area contributed by atoms with Crippen LogP contribution in [0.1, 0.15) is 50.3 Å². The maximum atomic E-state index is 4.47. The molecule has 0 unspecified atom stereocenters. The highest BCUT2D eigenvalue weighted by Crippen LogP contribution is 2.24. The fourth-order valence-corrected chi connectivity index (χ4v) is 2.72. The van der Waals surface area contributed by atoms with Crippen molar-refractivity contribution < 1.29 is 0 Å². The van der Waals surface area contributed by atoms with Gasteiger partial charge in [-0.25, -0.2) is 0 Å². The van der Waals surface area contributed by atoms with Crippen molar-refractivity contribution in [2.45, 2.75) is 52.5 Å². The molecule has 0 radical (unpaired) electrons. The van der Waals surface area contributed by atoms with Gasteiger partial charge in [-0.15, -0.1) is 0 Å². The topological polar surface area (TPSA) is 28.2 Å². The van der Waals surface area contributed by atoms with Crippen LogP contribution in [0.25, 0.3) is 0 Å². The lowest BCUT2D eigenvalue weighted by Gasteiger charge is -2.25. The van der Waals surface area contributed by atoms with Crippen LogP contribution >= 0.6 is 0 Å². The Hall–Kier alpha value is -1.09. The maximum absolute atomic E-state index is 4.47. The molecule has 1 N–H and O–H groups in total. The standard InChI is InChI=1S/C16H27N3/c1-3-8-17-12-15-13-18-14(2)11-16(15)19-9-6-4-5-7-10-19/h11,13,17H,3-10,12H2,1-2H3. The second-order valence-electron chi connectivity index (χ2n) is 5.53. The number of pyridine rings is 1. The lowest BCUT2D eigenvalue weighted by atomic mass is 10.1. The molecule has 1 fully saturated rings. The van der Waals surface area contributed by atoms with Crippen molar-refractivity contribution in [3.63, 3.8) is 0 Å². The number of nitrogens with zero attached hydrogens (tertiary/aromatic N) is 2. The molecule has 1 saturated heterocycles. The molecule has 106 valence electrons. The molecule has 1 aliphatic heterocycles. The molecular formula is C16H27N3. The lowest BCUT2D eigenvalue weighted by molar-refractivity contribution is 0.669. The third-order valence-electron chi connectivity index (χ3n) is 3.79. The fourth-order valence-electron chi connectivity index (χ4n) is 2.72. The van der Waals surface area contributed by atoms with Gasteiger partial charge < -0.3 is 10.2 Å². The number of aryl methyl sites for hydroxylation is 1. The van der Waals surface area contributed by atoms with Crippen molar-refractivity contribution in [2.24, 2.45) is 0 Å². The molecule has 0 amide bonds. The smallest absolute Gasteiger partial charge is 0.0445 e. The van der Waals surface area contributed by atoms with Gasteiger partial charge in [-0.1, -0.05) is 19.8 Å². The van der Waals surface area contributed by atoms with Crippen LogP contribution in [0.3, 0.4) is 0 Å². The summed E-state index contributed by atoms with van der Waals surface area (Å²) >= 11 is 0. The van der Waals surface area contributed by atoms with Crippen molar-refractivity contribution in [1.29, 1.82) is 0 Å². The third-order valence-corrected chi connectivity index (χ3v) is 3.79. The summed E-state index contributed by atoms with van der Waals surface area (Å²) in [4.78, 5) is 7.03. The summed E-state index contributed by atoms with van der Waals surface area (Å²) in [5, 5.41) is 3.50. The van der Waals surface area contributed by atoms with Crippen LogP contribution in [-0.4, -0.2) is 24.6 Å². The Bertz CT molecular complexity index is 382. The van der Waals surface area contributed by atoms with E-state index < -0.39 is 0 Å². The number of aromatic nitrogens is 1. The molecule has 3 heteroatoms. The van der Waals surface area contributed by atoms with Gasteiger partial charge in [0, 0.05) is 42.8 Å². The summed E-state index contributed by atoms with van der Waals surface area (Å²) in [5.41, 5.74) is 3.87. The van der Waals surface area contributed by atoms with Gasteiger partial charge in [-0.3, -0.25) is 4.98 Å². The van der Waals surface area contributed by atoms with Gasteiger partial charge in [0.2, 0.25) is 0 Å². The number of rotatable bonds is 5. The van der Waals surface area contributed by atoms with Crippen LogP contribution in [0.5, 0.6) is 0 Å². The third kappa shape index (κ3) is 4.20. The molecule has 1 aromatic rings. The van der Waals surface area contributed by atoms with Gasteiger partial charge in [-0.2, -0.15) is 0 Å². The Morgan fingerprint density at radius 1 is 1.21 bits per heavy atom. The summed E-state index contributed by atoms with van der Waals surface area (Å²) < 4.78 is 0. The average molecular weight is 261 g/mol. The molecule has 0 spiro atoms. The molecule has 2 rings (SSSR count). The quantitative estimate of drug-likeness (QED) is 0.825. The van der Waals surface area contributed by atoms with Crippen LogP contribution < -0.4 is 10.2 Å². The number of anilines is 1. The molecule has 1 aliphatic rings. The minimum Gasteiger partial charge on any atom is -0.371 e. The molecule has 0 saturated carbocycles. The van der Waals surface area contributed by atoms with Crippen molar-refractivity contribution >= 4 is 5.69 Å². The van der Waals surface area contributed by atoms with Gasteiger partial charge in [0.25, 0.3) is 0 Å². The van der Waals surface area contributed by atoms with Crippen molar-refractivity contribution in [3.8, 4) is 0 Å². The monoisotopic (exact) mass is 261 g/mol. The zero-order valence-electron chi connectivity index (χ0n) is 12.4. The predicted molar refractivity (Wildman–Crippen MR) is 81.7 cm³/mol. The molecule has 0 atom stereocenters. The van der Waals surface area contributed by atoms with E-state index in [1.54, 1.807) is 0 Å². The van der Waals surface area contributed by atoms with E-state index in [4.69, 9.17) is 0 Å². The van der Waals surface area contributed by atoms with E-state index in [9.17, 15) is 0 Å². The zero-order valence-corrected chi connectivity index (χ0v) is 12.4. The largest absolute Gasteiger partial charge is 0.371 e. The molecular weight excluding hydrogens is 234 g/mol. The molecule has 19 heavy (non-hydrogen) atoms. The van der Waals surface area contributed by atoms with E-state index in [2.05, 4.69) is 41.3 Å². The van der Waals surface area contributed by atoms with Crippen LogP contribution in [0, 0.1) is 6.92 Å². The molecule has 1 aromatic heterocycles. The van der Waals surface area contributed by atoms with Gasteiger partial charge in [0.05, 0.1) is 0 Å². The Balaban J connectivity index is 2.13. The zero-order chi connectivity index (χ0) is 13.5. The van der Waals surface area contributed by atoms with Crippen LogP contribution in [0.2, 0.25) is 0 Å². The minimum atomic E-state index is 0.937. The first kappa shape index (κ1) is 14.3. The first-order valence-electron chi connectivity index (χ1n) is 7.72. The number of hydrogen-bond acceptors (Lipinski definition) is 3. The van der Waals surface area contributed by atoms with E-state index in [1.807, 2.05) is 0 Å². The Kier molecular flexibility index (Phi) is 5.64. The summed E-state index contributed by atoms with van der Waals surface area (Å²) in [5.74, 6) is 0. The van der Waals surface area contributed by atoms with Gasteiger partial charge in [0.15, 0.2) is 0 Å². The second-order valence-corrected chi connectivity index (χ2v) is 5.53. The predicted octanol–water partition coefficient (Wildman–Crippen LogP) is 3.27. The van der Waals surface area contributed by atoms with E-state index in [1.165, 1.54) is 56.4 Å². The summed E-state index contributed by atoms with van der Waals surface area (Å²) in [6.45, 7) is 8.70. The van der Waals surface area contributed by atoms with E-state index in [-0.39, 0.29) is 0 Å². The highest BCUT2D eigenvalue weighted by atomic mass is 15.1. The van der Waals surface area contributed by atoms with E-state index >= 15 is 0 Å². The molecule has 2 heterocycles. The SMILES string of the molecule is CCCNCc1cnc(C)cc1N1CCCCCC1. The Labute approximate surface area is 117 Å². The highest BCUT2D eigenvalue weighted by Gasteiger charge is 2.14. The minimum absolute atomic E-state index is 0.937. The molecule has 0 aromatic carbocycles. The Morgan fingerprint density at radius 2 is 1.95 bits per heavy atom. The van der Waals surface area contributed by atoms with Crippen molar-refractivity contribution in [3.05, 3.63) is 23.5 Å². The maximum Gasteiger partial charge on any atom is 0.0445 e. The van der Waals surface area contributed by atoms with Gasteiger partial charge in [-0.05, 0) is 38.8 Å². The number of nitrogens with one attached hydrogen (secondary N) is 1. The first-order chi connectivity index (χ1) is 9.31. The molecule has 3 nitrogen and oxygen atoms in total. The summed E-state index contributed by atoms with van der Waals surface area (Å²) in [6, 6.07) is 2.26. The highest BCUT2D eigenvalue weighted by molar-refractivity contribution is 5.53. The van der Waals surface area contributed by atoms with Crippen molar-refractivity contribution in [2.75, 3.05) is 24.5 Å². The van der Waals surface area contributed by atoms with Crippen molar-refractivity contribution in [1.82, 2.24) is 10.3 Å². The van der Waals surface area contributed by atoms with E-state index in [0.717, 1.165) is 18.8 Å². The van der Waals surface area contributed by atoms with E-state index in [0.29, 0.717) is 0 Å². The second kappa shape index (κ2) is 7.49. The molecule has 0 bridgehead atoms. The fraction of sp³-hybridized carbons (Fsp3) is 0.688. The normalized spacial score (nSPS) is 16.4. The average Bonchev–Trinajstić information content (AvgIpc) is 2.69. The van der Waals surface area contributed by atoms with Crippen LogP contribution in [0.4, 0.5) is 5.69 Å². The first-order valence-corrected chi connectivity index (χ1v) is 7.72. The summed E-state index contributed by atoms with van der Waals surface area (Å²) in [7, 11) is 0. The number of hydrogen-bond donors (Lipinski definition) is 1.